The SMILES string of the molecule is CC(C)(C)C(=O)OCNc1ncnc2c1ncn2CCOCP(=O)(OCOC(=O)C(C)(C)C)OCOC(=O)C(C)(C)C. The van der Waals surface area contributed by atoms with Crippen molar-refractivity contribution in [3.05, 3.63) is 12.7 Å². The average molecular weight is 616 g/mol. The van der Waals surface area contributed by atoms with Crippen LogP contribution < -0.4 is 5.32 Å². The van der Waals surface area contributed by atoms with Gasteiger partial charge in [-0.15, -0.1) is 0 Å². The van der Waals surface area contributed by atoms with Gasteiger partial charge in [-0.2, -0.15) is 0 Å². The standard InChI is InChI=1S/C26H42N5O10P/c1-24(2,3)21(32)37-14-30-19-18-20(28-12-27-19)31(13-29-18)10-11-36-17-42(35,40-15-38-22(33)25(4,5)6)41-16-39-23(34)26(7,8)9/h12-13H,10-11,14-17H2,1-9H3,(H,27,28,30). The highest BCUT2D eigenvalue weighted by atomic mass is 31.2. The Kier molecular flexibility index (Phi) is 12.0. The molecule has 15 nitrogen and oxygen atoms in total. The van der Waals surface area contributed by atoms with Crippen LogP contribution >= 0.6 is 7.60 Å². The molecule has 42 heavy (non-hydrogen) atoms. The van der Waals surface area contributed by atoms with E-state index in [9.17, 15) is 18.9 Å². The Morgan fingerprint density at radius 2 is 1.33 bits per heavy atom. The van der Waals surface area contributed by atoms with Gasteiger partial charge in [0.05, 0.1) is 29.2 Å². The van der Waals surface area contributed by atoms with Gasteiger partial charge in [0.15, 0.2) is 23.7 Å². The molecule has 1 N–H and O–H groups in total. The van der Waals surface area contributed by atoms with Gasteiger partial charge in [-0.1, -0.05) is 0 Å². The van der Waals surface area contributed by atoms with Crippen LogP contribution in [-0.4, -0.2) is 70.7 Å². The van der Waals surface area contributed by atoms with Crippen LogP contribution in [0.15, 0.2) is 12.7 Å². The zero-order valence-electron chi connectivity index (χ0n) is 25.7. The molecule has 0 saturated heterocycles. The summed E-state index contributed by atoms with van der Waals surface area (Å²) in [5.41, 5.74) is -1.30. The Morgan fingerprint density at radius 1 is 0.810 bits per heavy atom. The van der Waals surface area contributed by atoms with E-state index in [1.807, 2.05) is 0 Å². The van der Waals surface area contributed by atoms with Gasteiger partial charge in [-0.05, 0) is 62.3 Å². The van der Waals surface area contributed by atoms with Crippen molar-refractivity contribution in [2.45, 2.75) is 68.9 Å². The smallest absolute Gasteiger partial charge is 0.361 e. The second-order valence-electron chi connectivity index (χ2n) is 12.3. The summed E-state index contributed by atoms with van der Waals surface area (Å²) in [5, 5.41) is 2.92. The van der Waals surface area contributed by atoms with Crippen molar-refractivity contribution in [3.63, 3.8) is 0 Å². The highest BCUT2D eigenvalue weighted by molar-refractivity contribution is 7.53. The van der Waals surface area contributed by atoms with Gasteiger partial charge in [-0.3, -0.25) is 28.0 Å². The number of carbonyl (C=O) groups excluding carboxylic acids is 3. The van der Waals surface area contributed by atoms with Crippen LogP contribution in [0, 0.1) is 16.2 Å². The highest BCUT2D eigenvalue weighted by Gasteiger charge is 2.30. The molecule has 0 aromatic carbocycles. The Labute approximate surface area is 245 Å². The summed E-state index contributed by atoms with van der Waals surface area (Å²) in [6.07, 6.45) is 2.35. The number of anilines is 1. The number of esters is 3. The molecule has 0 aliphatic heterocycles. The lowest BCUT2D eigenvalue weighted by molar-refractivity contribution is -0.162. The molecular formula is C26H42N5O10P. The molecule has 0 aliphatic rings. The van der Waals surface area contributed by atoms with E-state index in [1.165, 1.54) is 12.7 Å². The number of rotatable bonds is 14. The maximum atomic E-state index is 13.3. The van der Waals surface area contributed by atoms with Gasteiger partial charge >= 0.3 is 25.5 Å². The molecule has 2 aromatic heterocycles. The van der Waals surface area contributed by atoms with Crippen molar-refractivity contribution < 1.29 is 46.9 Å². The first-order valence-corrected chi connectivity index (χ1v) is 14.9. The summed E-state index contributed by atoms with van der Waals surface area (Å²) in [6.45, 7) is 14.1. The van der Waals surface area contributed by atoms with Crippen LogP contribution in [0.3, 0.4) is 0 Å². The van der Waals surface area contributed by atoms with Crippen molar-refractivity contribution in [2.75, 3.05) is 38.6 Å². The molecule has 0 spiro atoms. The number of carbonyl (C=O) groups is 3. The lowest BCUT2D eigenvalue weighted by Gasteiger charge is -2.22. The first-order valence-electron chi connectivity index (χ1n) is 13.2. The first kappa shape index (κ1) is 35.1. The fraction of sp³-hybridized carbons (Fsp3) is 0.692. The number of fused-ring (bicyclic) bond motifs is 1. The number of hydrogen-bond acceptors (Lipinski definition) is 14. The summed E-state index contributed by atoms with van der Waals surface area (Å²) in [7, 11) is -4.01. The maximum absolute atomic E-state index is 13.3. The Bertz CT molecular complexity index is 1240. The summed E-state index contributed by atoms with van der Waals surface area (Å²) in [4.78, 5) is 48.8. The number of hydrogen-bond donors (Lipinski definition) is 1. The van der Waals surface area contributed by atoms with Gasteiger partial charge in [0.1, 0.15) is 12.7 Å². The Morgan fingerprint density at radius 3 is 1.86 bits per heavy atom. The van der Waals surface area contributed by atoms with Crippen LogP contribution in [-0.2, 0) is 53.5 Å². The molecule has 16 heteroatoms. The third-order valence-electron chi connectivity index (χ3n) is 5.29. The van der Waals surface area contributed by atoms with E-state index in [4.69, 9.17) is 28.0 Å². The summed E-state index contributed by atoms with van der Waals surface area (Å²) >= 11 is 0. The van der Waals surface area contributed by atoms with Gasteiger partial charge in [0.25, 0.3) is 0 Å². The third kappa shape index (κ3) is 10.9. The second kappa shape index (κ2) is 14.4. The largest absolute Gasteiger partial charge is 0.444 e. The minimum absolute atomic E-state index is 0.0433. The topological polar surface area (TPSA) is 179 Å². The van der Waals surface area contributed by atoms with Crippen LogP contribution in [0.25, 0.3) is 11.2 Å². The van der Waals surface area contributed by atoms with Crippen molar-refractivity contribution >= 4 is 42.5 Å². The molecule has 0 radical (unpaired) electrons. The number of imidazole rings is 1. The average Bonchev–Trinajstić information content (AvgIpc) is 3.28. The molecule has 2 aromatic rings. The van der Waals surface area contributed by atoms with Crippen molar-refractivity contribution in [1.82, 2.24) is 19.5 Å². The van der Waals surface area contributed by atoms with Crippen molar-refractivity contribution in [2.24, 2.45) is 16.2 Å². The minimum Gasteiger partial charge on any atom is -0.444 e. The predicted molar refractivity (Wildman–Crippen MR) is 151 cm³/mol. The van der Waals surface area contributed by atoms with Gasteiger partial charge in [0.2, 0.25) is 13.6 Å². The number of ether oxygens (including phenoxy) is 4. The molecule has 2 heterocycles. The molecule has 0 aliphatic carbocycles. The van der Waals surface area contributed by atoms with Gasteiger partial charge in [0, 0.05) is 6.54 Å². The molecule has 0 unspecified atom stereocenters. The fourth-order valence-electron chi connectivity index (χ4n) is 2.76. The van der Waals surface area contributed by atoms with E-state index in [2.05, 4.69) is 20.3 Å². The summed E-state index contributed by atoms with van der Waals surface area (Å²) < 4.78 is 46.3. The van der Waals surface area contributed by atoms with E-state index >= 15 is 0 Å². The van der Waals surface area contributed by atoms with E-state index in [1.54, 1.807) is 66.9 Å². The fourth-order valence-corrected chi connectivity index (χ4v) is 3.77. The van der Waals surface area contributed by atoms with E-state index in [0.717, 1.165) is 0 Å². The van der Waals surface area contributed by atoms with E-state index in [-0.39, 0.29) is 25.9 Å². The highest BCUT2D eigenvalue weighted by Crippen LogP contribution is 2.48. The molecule has 0 amide bonds. The van der Waals surface area contributed by atoms with Gasteiger partial charge < -0.3 is 28.8 Å². The Hall–Kier alpha value is -3.13. The molecule has 0 atom stereocenters. The van der Waals surface area contributed by atoms with Crippen LogP contribution in [0.4, 0.5) is 5.82 Å². The lowest BCUT2D eigenvalue weighted by atomic mass is 9.97. The quantitative estimate of drug-likeness (QED) is 0.106. The maximum Gasteiger partial charge on any atom is 0.361 e. The first-order chi connectivity index (χ1) is 19.3. The van der Waals surface area contributed by atoms with Crippen molar-refractivity contribution in [1.29, 1.82) is 0 Å². The normalized spacial score (nSPS) is 12.7. The molecule has 0 saturated carbocycles. The summed E-state index contributed by atoms with van der Waals surface area (Å²) in [5.74, 6) is -1.12. The molecular weight excluding hydrogens is 573 g/mol. The molecule has 0 fully saturated rings. The lowest BCUT2D eigenvalue weighted by Crippen LogP contribution is -2.25. The van der Waals surface area contributed by atoms with Crippen LogP contribution in [0.5, 0.6) is 0 Å². The van der Waals surface area contributed by atoms with Crippen molar-refractivity contribution in [3.8, 4) is 0 Å². The monoisotopic (exact) mass is 615 g/mol. The number of nitrogens with one attached hydrogen (secondary N) is 1. The van der Waals surface area contributed by atoms with E-state index in [0.29, 0.717) is 17.0 Å². The summed E-state index contributed by atoms with van der Waals surface area (Å²) in [6, 6.07) is 0. The Balaban J connectivity index is 1.97. The molecule has 0 bridgehead atoms. The zero-order valence-corrected chi connectivity index (χ0v) is 26.6. The predicted octanol–water partition coefficient (Wildman–Crippen LogP) is 4.08. The second-order valence-corrected chi connectivity index (χ2v) is 14.3. The zero-order chi connectivity index (χ0) is 31.8. The van der Waals surface area contributed by atoms with Crippen LogP contribution in [0.2, 0.25) is 0 Å². The minimum atomic E-state index is -4.01. The van der Waals surface area contributed by atoms with Crippen LogP contribution in [0.1, 0.15) is 62.3 Å². The van der Waals surface area contributed by atoms with E-state index < -0.39 is 55.7 Å². The van der Waals surface area contributed by atoms with Gasteiger partial charge in [-0.25, -0.2) is 15.0 Å². The number of nitrogens with zero attached hydrogens (tertiary/aromatic N) is 4. The molecule has 2 rings (SSSR count). The third-order valence-corrected chi connectivity index (χ3v) is 6.78. The molecule has 236 valence electrons. The number of aromatic nitrogens is 4.